The lowest BCUT2D eigenvalue weighted by Crippen LogP contribution is -2.50. The zero-order valence-corrected chi connectivity index (χ0v) is 16.9. The van der Waals surface area contributed by atoms with Crippen LogP contribution in [0.3, 0.4) is 0 Å². The summed E-state index contributed by atoms with van der Waals surface area (Å²) in [5.41, 5.74) is 0.453. The van der Waals surface area contributed by atoms with Crippen molar-refractivity contribution in [3.05, 3.63) is 58.1 Å². The zero-order valence-electron chi connectivity index (χ0n) is 14.6. The highest BCUT2D eigenvalue weighted by Gasteiger charge is 2.32. The van der Waals surface area contributed by atoms with E-state index < -0.39 is 10.0 Å². The smallest absolute Gasteiger partial charge is 0.257 e. The summed E-state index contributed by atoms with van der Waals surface area (Å²) in [5.74, 6) is 0.300. The number of halogens is 2. The van der Waals surface area contributed by atoms with Crippen molar-refractivity contribution in [2.45, 2.75) is 4.90 Å². The predicted molar refractivity (Wildman–Crippen MR) is 104 cm³/mol. The Balaban J connectivity index is 1.75. The van der Waals surface area contributed by atoms with Crippen LogP contribution >= 0.6 is 23.2 Å². The van der Waals surface area contributed by atoms with E-state index in [-0.39, 0.29) is 42.0 Å². The number of piperazine rings is 1. The van der Waals surface area contributed by atoms with Crippen molar-refractivity contribution in [2.75, 3.05) is 33.3 Å². The number of sulfonamides is 1. The average Bonchev–Trinajstić information content (AvgIpc) is 2.69. The summed E-state index contributed by atoms with van der Waals surface area (Å²) in [6.07, 6.45) is 0. The molecule has 2 aromatic rings. The molecular formula is C18H18Cl2N2O4S. The van der Waals surface area contributed by atoms with Gasteiger partial charge in [0.15, 0.2) is 0 Å². The van der Waals surface area contributed by atoms with Gasteiger partial charge in [0.25, 0.3) is 5.91 Å². The first-order valence-electron chi connectivity index (χ1n) is 8.22. The molecule has 6 nitrogen and oxygen atoms in total. The predicted octanol–water partition coefficient (Wildman–Crippen LogP) is 3.15. The number of rotatable bonds is 4. The fraction of sp³-hybridized carbons (Fsp3) is 0.278. The molecule has 1 aliphatic rings. The third-order valence-electron chi connectivity index (χ3n) is 4.37. The van der Waals surface area contributed by atoms with Crippen molar-refractivity contribution >= 4 is 39.1 Å². The lowest BCUT2D eigenvalue weighted by Gasteiger charge is -2.34. The number of ether oxygens (including phenoxy) is 1. The highest BCUT2D eigenvalue weighted by molar-refractivity contribution is 7.89. The van der Waals surface area contributed by atoms with Gasteiger partial charge in [-0.2, -0.15) is 4.31 Å². The lowest BCUT2D eigenvalue weighted by molar-refractivity contribution is 0.0694. The molecule has 27 heavy (non-hydrogen) atoms. The number of amides is 1. The van der Waals surface area contributed by atoms with Crippen molar-refractivity contribution in [3.63, 3.8) is 0 Å². The van der Waals surface area contributed by atoms with E-state index in [9.17, 15) is 13.2 Å². The van der Waals surface area contributed by atoms with Gasteiger partial charge in [0.2, 0.25) is 10.0 Å². The number of hydrogen-bond donors (Lipinski definition) is 0. The molecule has 0 radical (unpaired) electrons. The Morgan fingerprint density at radius 1 is 1.04 bits per heavy atom. The van der Waals surface area contributed by atoms with Crippen LogP contribution in [-0.4, -0.2) is 56.8 Å². The monoisotopic (exact) mass is 428 g/mol. The Morgan fingerprint density at radius 2 is 1.70 bits per heavy atom. The first-order chi connectivity index (χ1) is 12.8. The van der Waals surface area contributed by atoms with Gasteiger partial charge in [-0.15, -0.1) is 0 Å². The summed E-state index contributed by atoms with van der Waals surface area (Å²) < 4.78 is 32.3. The van der Waals surface area contributed by atoms with E-state index >= 15 is 0 Å². The number of nitrogens with zero attached hydrogens (tertiary/aromatic N) is 2. The first-order valence-corrected chi connectivity index (χ1v) is 10.4. The molecule has 144 valence electrons. The van der Waals surface area contributed by atoms with Crippen molar-refractivity contribution in [3.8, 4) is 5.75 Å². The number of hydrogen-bond acceptors (Lipinski definition) is 4. The Labute approximate surface area is 168 Å². The van der Waals surface area contributed by atoms with Crippen LogP contribution in [0.15, 0.2) is 47.4 Å². The van der Waals surface area contributed by atoms with Crippen molar-refractivity contribution in [1.29, 1.82) is 0 Å². The maximum absolute atomic E-state index is 12.9. The van der Waals surface area contributed by atoms with Crippen molar-refractivity contribution in [1.82, 2.24) is 9.21 Å². The molecule has 2 aromatic carbocycles. The summed E-state index contributed by atoms with van der Waals surface area (Å²) in [6.45, 7) is 0.890. The van der Waals surface area contributed by atoms with E-state index in [1.54, 1.807) is 29.2 Å². The van der Waals surface area contributed by atoms with E-state index in [4.69, 9.17) is 27.9 Å². The van der Waals surface area contributed by atoms with Gasteiger partial charge < -0.3 is 9.64 Å². The molecule has 0 aromatic heterocycles. The molecule has 3 rings (SSSR count). The highest BCUT2D eigenvalue weighted by Crippen LogP contribution is 2.28. The van der Waals surface area contributed by atoms with Crippen LogP contribution in [0.4, 0.5) is 0 Å². The molecule has 1 fully saturated rings. The van der Waals surface area contributed by atoms with Gasteiger partial charge in [-0.3, -0.25) is 4.79 Å². The second kappa shape index (κ2) is 8.06. The first kappa shape index (κ1) is 19.9. The Hall–Kier alpha value is -1.80. The molecule has 0 aliphatic carbocycles. The molecule has 0 saturated carbocycles. The van der Waals surface area contributed by atoms with E-state index in [2.05, 4.69) is 0 Å². The fourth-order valence-electron chi connectivity index (χ4n) is 2.94. The maximum Gasteiger partial charge on any atom is 0.257 e. The van der Waals surface area contributed by atoms with Gasteiger partial charge >= 0.3 is 0 Å². The van der Waals surface area contributed by atoms with Crippen LogP contribution < -0.4 is 4.74 Å². The number of methoxy groups -OCH3 is 1. The Morgan fingerprint density at radius 3 is 2.37 bits per heavy atom. The van der Waals surface area contributed by atoms with Crippen LogP contribution in [0.2, 0.25) is 10.0 Å². The number of para-hydroxylation sites is 1. The molecule has 9 heteroatoms. The number of benzene rings is 2. The molecule has 0 atom stereocenters. The molecule has 1 heterocycles. The van der Waals surface area contributed by atoms with E-state index in [1.165, 1.54) is 29.6 Å². The van der Waals surface area contributed by atoms with Gasteiger partial charge in [0.1, 0.15) is 10.6 Å². The quantitative estimate of drug-likeness (QED) is 0.749. The van der Waals surface area contributed by atoms with Crippen molar-refractivity contribution < 1.29 is 17.9 Å². The molecule has 0 N–H and O–H groups in total. The minimum absolute atomic E-state index is 0.0267. The summed E-state index contributed by atoms with van der Waals surface area (Å²) in [4.78, 5) is 14.3. The van der Waals surface area contributed by atoms with Crippen LogP contribution in [-0.2, 0) is 10.0 Å². The second-order valence-electron chi connectivity index (χ2n) is 5.97. The van der Waals surface area contributed by atoms with Gasteiger partial charge in [0, 0.05) is 31.2 Å². The van der Waals surface area contributed by atoms with Crippen molar-refractivity contribution in [2.24, 2.45) is 0 Å². The molecule has 0 spiro atoms. The van der Waals surface area contributed by atoms with Crippen LogP contribution in [0, 0.1) is 0 Å². The molecule has 1 saturated heterocycles. The molecule has 0 bridgehead atoms. The molecule has 1 amide bonds. The minimum Gasteiger partial charge on any atom is -0.496 e. The molecule has 1 aliphatic heterocycles. The Kier molecular flexibility index (Phi) is 5.95. The van der Waals surface area contributed by atoms with Gasteiger partial charge in [-0.05, 0) is 30.3 Å². The van der Waals surface area contributed by atoms with Gasteiger partial charge in [0.05, 0.1) is 17.7 Å². The maximum atomic E-state index is 12.9. The van der Waals surface area contributed by atoms with Crippen LogP contribution in [0.5, 0.6) is 5.75 Å². The second-order valence-corrected chi connectivity index (χ2v) is 8.72. The van der Waals surface area contributed by atoms with E-state index in [1.807, 2.05) is 0 Å². The number of carbonyl (C=O) groups is 1. The lowest BCUT2D eigenvalue weighted by atomic mass is 10.1. The topological polar surface area (TPSA) is 66.9 Å². The average molecular weight is 429 g/mol. The minimum atomic E-state index is -3.79. The standard InChI is InChI=1S/C18H18Cl2N2O4S/c1-26-16-5-3-2-4-14(16)18(23)21-8-10-22(11-9-21)27(24,25)17-12-13(19)6-7-15(17)20/h2-7,12H,8-11H2,1H3. The third kappa shape index (κ3) is 4.06. The van der Waals surface area contributed by atoms with Gasteiger partial charge in [-0.1, -0.05) is 35.3 Å². The molecule has 0 unspecified atom stereocenters. The molecular weight excluding hydrogens is 411 g/mol. The largest absolute Gasteiger partial charge is 0.496 e. The summed E-state index contributed by atoms with van der Waals surface area (Å²) >= 11 is 12.0. The summed E-state index contributed by atoms with van der Waals surface area (Å²) in [5, 5.41) is 0.412. The third-order valence-corrected chi connectivity index (χ3v) is 6.99. The summed E-state index contributed by atoms with van der Waals surface area (Å²) in [6, 6.07) is 11.3. The normalized spacial score (nSPS) is 15.6. The number of carbonyl (C=O) groups excluding carboxylic acids is 1. The SMILES string of the molecule is COc1ccccc1C(=O)N1CCN(S(=O)(=O)c2cc(Cl)ccc2Cl)CC1. The van der Waals surface area contributed by atoms with Gasteiger partial charge in [-0.25, -0.2) is 8.42 Å². The Bertz CT molecular complexity index is 958. The zero-order chi connectivity index (χ0) is 19.6. The van der Waals surface area contributed by atoms with E-state index in [0.717, 1.165) is 0 Å². The van der Waals surface area contributed by atoms with E-state index in [0.29, 0.717) is 16.3 Å². The summed E-state index contributed by atoms with van der Waals surface area (Å²) in [7, 11) is -2.28. The van der Waals surface area contributed by atoms with Crippen LogP contribution in [0.25, 0.3) is 0 Å². The fourth-order valence-corrected chi connectivity index (χ4v) is 5.10. The van der Waals surface area contributed by atoms with Crippen LogP contribution in [0.1, 0.15) is 10.4 Å². The highest BCUT2D eigenvalue weighted by atomic mass is 35.5.